The van der Waals surface area contributed by atoms with Gasteiger partial charge >= 0.3 is 6.18 Å². The van der Waals surface area contributed by atoms with Crippen LogP contribution in [0.2, 0.25) is 0 Å². The Kier molecular flexibility index (Phi) is 5.29. The van der Waals surface area contributed by atoms with Gasteiger partial charge in [-0.25, -0.2) is 8.78 Å². The number of rotatable bonds is 6. The van der Waals surface area contributed by atoms with Crippen molar-refractivity contribution < 1.29 is 35.9 Å². The van der Waals surface area contributed by atoms with E-state index in [1.54, 1.807) is 4.90 Å². The molecule has 2 atom stereocenters. The van der Waals surface area contributed by atoms with Crippen LogP contribution in [0.1, 0.15) is 49.4 Å². The lowest BCUT2D eigenvalue weighted by atomic mass is 9.85. The van der Waals surface area contributed by atoms with Crippen molar-refractivity contribution in [3.05, 3.63) is 35.2 Å². The van der Waals surface area contributed by atoms with Crippen molar-refractivity contribution in [3.63, 3.8) is 0 Å². The van der Waals surface area contributed by atoms with Gasteiger partial charge in [-0.1, -0.05) is 13.8 Å². The topological polar surface area (TPSA) is 67.6 Å². The van der Waals surface area contributed by atoms with Gasteiger partial charge in [0.2, 0.25) is 0 Å². The molecule has 34 heavy (non-hydrogen) atoms. The van der Waals surface area contributed by atoms with Gasteiger partial charge in [0, 0.05) is 36.3 Å². The maximum absolute atomic E-state index is 14.6. The van der Waals surface area contributed by atoms with Gasteiger partial charge in [-0.15, -0.1) is 0 Å². The van der Waals surface area contributed by atoms with Crippen LogP contribution in [0.25, 0.3) is 0 Å². The highest BCUT2D eigenvalue weighted by Gasteiger charge is 2.47. The van der Waals surface area contributed by atoms with E-state index in [0.717, 1.165) is 31.4 Å². The molecule has 0 spiro atoms. The molecule has 1 amide bonds. The number of hydrogen-bond acceptors (Lipinski definition) is 5. The number of aromatic nitrogens is 1. The Bertz CT molecular complexity index is 1090. The van der Waals surface area contributed by atoms with Gasteiger partial charge in [0.25, 0.3) is 11.9 Å². The quantitative estimate of drug-likeness (QED) is 0.560. The molecule has 1 N–H and O–H groups in total. The zero-order valence-electron chi connectivity index (χ0n) is 18.6. The zero-order chi connectivity index (χ0) is 24.4. The molecule has 3 aliphatic rings. The first-order chi connectivity index (χ1) is 15.9. The summed E-state index contributed by atoms with van der Waals surface area (Å²) >= 11 is 0. The number of fused-ring (bicyclic) bond motifs is 1. The van der Waals surface area contributed by atoms with Crippen LogP contribution in [0.5, 0.6) is 5.75 Å². The second-order valence-electron chi connectivity index (χ2n) is 10.3. The summed E-state index contributed by atoms with van der Waals surface area (Å²) in [5.74, 6) is -3.12. The van der Waals surface area contributed by atoms with Crippen molar-refractivity contribution in [2.75, 3.05) is 23.3 Å². The molecular formula is C23H24F5N3O3. The maximum atomic E-state index is 14.6. The fourth-order valence-corrected chi connectivity index (χ4v) is 4.93. The molecule has 1 saturated heterocycles. The summed E-state index contributed by atoms with van der Waals surface area (Å²) in [5, 5.41) is 2.22. The zero-order valence-corrected chi connectivity index (χ0v) is 18.6. The SMILES string of the molecule is CC1(C)CN(c2nc(C(=O)Nc3cc(F)c(OC4CC5CC5C4)c(F)c3)c(CC(F)(F)F)o2)C1. The molecule has 6 nitrogen and oxygen atoms in total. The van der Waals surface area contributed by atoms with Crippen LogP contribution >= 0.6 is 0 Å². The minimum atomic E-state index is -4.64. The third-order valence-electron chi connectivity index (χ3n) is 6.51. The number of hydrogen-bond donors (Lipinski definition) is 1. The third kappa shape index (κ3) is 4.69. The number of carbonyl (C=O) groups is 1. The number of carbonyl (C=O) groups excluding carboxylic acids is 1. The fraction of sp³-hybridized carbons (Fsp3) is 0.565. The summed E-state index contributed by atoms with van der Waals surface area (Å²) in [6.45, 7) is 4.95. The number of alkyl halides is 3. The summed E-state index contributed by atoms with van der Waals surface area (Å²) in [6, 6.07) is 1.64. The van der Waals surface area contributed by atoms with Gasteiger partial charge in [0.05, 0.1) is 6.10 Å². The van der Waals surface area contributed by atoms with E-state index in [-0.39, 0.29) is 23.2 Å². The number of oxazole rings is 1. The maximum Gasteiger partial charge on any atom is 0.396 e. The lowest BCUT2D eigenvalue weighted by Crippen LogP contribution is -2.53. The Morgan fingerprint density at radius 1 is 1.18 bits per heavy atom. The lowest BCUT2D eigenvalue weighted by Gasteiger charge is -2.44. The van der Waals surface area contributed by atoms with Crippen LogP contribution in [0.4, 0.5) is 33.7 Å². The molecule has 2 aromatic rings. The molecule has 2 saturated carbocycles. The molecule has 1 aliphatic heterocycles. The predicted molar refractivity (Wildman–Crippen MR) is 112 cm³/mol. The number of benzene rings is 1. The van der Waals surface area contributed by atoms with Gasteiger partial charge in [-0.3, -0.25) is 4.79 Å². The highest BCUT2D eigenvalue weighted by molar-refractivity contribution is 6.03. The molecule has 3 fully saturated rings. The normalized spacial score (nSPS) is 25.0. The van der Waals surface area contributed by atoms with Crippen molar-refractivity contribution in [2.24, 2.45) is 17.3 Å². The summed E-state index contributed by atoms with van der Waals surface area (Å²) in [6.07, 6.45) is -3.75. The first-order valence-corrected chi connectivity index (χ1v) is 11.2. The van der Waals surface area contributed by atoms with Crippen molar-refractivity contribution in [1.29, 1.82) is 0 Å². The molecule has 1 aromatic carbocycles. The molecular weight excluding hydrogens is 461 g/mol. The van der Waals surface area contributed by atoms with Crippen LogP contribution < -0.4 is 15.0 Å². The van der Waals surface area contributed by atoms with Gasteiger partial charge < -0.3 is 19.4 Å². The van der Waals surface area contributed by atoms with E-state index in [0.29, 0.717) is 24.9 Å². The molecule has 1 aromatic heterocycles. The number of halogens is 5. The largest absolute Gasteiger partial charge is 0.484 e. The van der Waals surface area contributed by atoms with Gasteiger partial charge in [-0.05, 0) is 31.1 Å². The fourth-order valence-electron chi connectivity index (χ4n) is 4.93. The van der Waals surface area contributed by atoms with Crippen LogP contribution in [0.15, 0.2) is 16.5 Å². The number of nitrogens with one attached hydrogen (secondary N) is 1. The van der Waals surface area contributed by atoms with Crippen molar-refractivity contribution >= 4 is 17.6 Å². The number of ether oxygens (including phenoxy) is 1. The molecule has 11 heteroatoms. The second-order valence-corrected chi connectivity index (χ2v) is 10.3. The monoisotopic (exact) mass is 485 g/mol. The summed E-state index contributed by atoms with van der Waals surface area (Å²) in [5.41, 5.74) is -0.906. The molecule has 2 heterocycles. The Labute approximate surface area is 192 Å². The lowest BCUT2D eigenvalue weighted by molar-refractivity contribution is -0.130. The minimum absolute atomic E-state index is 0.0567. The number of amides is 1. The average molecular weight is 485 g/mol. The van der Waals surface area contributed by atoms with E-state index in [2.05, 4.69) is 10.3 Å². The first-order valence-electron chi connectivity index (χ1n) is 11.2. The third-order valence-corrected chi connectivity index (χ3v) is 6.51. The molecule has 5 rings (SSSR count). The predicted octanol–water partition coefficient (Wildman–Crippen LogP) is 5.33. The highest BCUT2D eigenvalue weighted by Crippen LogP contribution is 2.52. The van der Waals surface area contributed by atoms with E-state index in [4.69, 9.17) is 9.15 Å². The summed E-state index contributed by atoms with van der Waals surface area (Å²) < 4.78 is 79.0. The van der Waals surface area contributed by atoms with Crippen LogP contribution in [-0.2, 0) is 6.42 Å². The highest BCUT2D eigenvalue weighted by atomic mass is 19.4. The second kappa shape index (κ2) is 7.84. The van der Waals surface area contributed by atoms with Crippen molar-refractivity contribution in [1.82, 2.24) is 4.98 Å². The van der Waals surface area contributed by atoms with E-state index in [9.17, 15) is 26.7 Å². The molecule has 0 bridgehead atoms. The minimum Gasteiger partial charge on any atom is -0.484 e. The van der Waals surface area contributed by atoms with Crippen molar-refractivity contribution in [3.8, 4) is 5.75 Å². The van der Waals surface area contributed by atoms with E-state index < -0.39 is 47.3 Å². The van der Waals surface area contributed by atoms with Crippen LogP contribution in [0, 0.1) is 28.9 Å². The van der Waals surface area contributed by atoms with Crippen LogP contribution in [-0.4, -0.2) is 36.3 Å². The Balaban J connectivity index is 1.33. The number of anilines is 2. The van der Waals surface area contributed by atoms with Gasteiger partial charge in [0.1, 0.15) is 12.2 Å². The molecule has 0 radical (unpaired) electrons. The van der Waals surface area contributed by atoms with E-state index in [1.165, 1.54) is 0 Å². The molecule has 2 unspecified atom stereocenters. The first kappa shape index (κ1) is 22.9. The standard InChI is InChI=1S/C23H24F5N3O3/c1-22(2)9-31(10-22)21-30-18(17(34-21)8-23(26,27)28)20(32)29-13-6-15(24)19(16(25)7-13)33-14-4-11-3-12(11)5-14/h6-7,11-12,14H,3-5,8-10H2,1-2H3,(H,29,32). The smallest absolute Gasteiger partial charge is 0.396 e. The Morgan fingerprint density at radius 2 is 1.79 bits per heavy atom. The van der Waals surface area contributed by atoms with Gasteiger partial charge in [0.15, 0.2) is 23.1 Å². The average Bonchev–Trinajstić information content (AvgIpc) is 3.10. The van der Waals surface area contributed by atoms with E-state index >= 15 is 0 Å². The van der Waals surface area contributed by atoms with Crippen molar-refractivity contribution in [2.45, 2.75) is 51.8 Å². The Morgan fingerprint density at radius 3 is 2.35 bits per heavy atom. The van der Waals surface area contributed by atoms with E-state index in [1.807, 2.05) is 13.8 Å². The van der Waals surface area contributed by atoms with Crippen LogP contribution in [0.3, 0.4) is 0 Å². The number of nitrogens with zero attached hydrogens (tertiary/aromatic N) is 2. The van der Waals surface area contributed by atoms with Gasteiger partial charge in [-0.2, -0.15) is 18.2 Å². The summed E-state index contributed by atoms with van der Waals surface area (Å²) in [4.78, 5) is 18.3. The summed E-state index contributed by atoms with van der Waals surface area (Å²) in [7, 11) is 0. The molecule has 184 valence electrons. The Hall–Kier alpha value is -2.85. The molecule has 2 aliphatic carbocycles.